The molecular weight excluding hydrogens is 458 g/mol. The number of rotatable bonds is 5. The van der Waals surface area contributed by atoms with E-state index in [9.17, 15) is 23.2 Å². The molecule has 33 heavy (non-hydrogen) atoms. The number of anilines is 2. The second kappa shape index (κ2) is 10.1. The highest BCUT2D eigenvalue weighted by atomic mass is 35.5. The summed E-state index contributed by atoms with van der Waals surface area (Å²) in [7, 11) is 2.35. The molecule has 1 heterocycles. The van der Waals surface area contributed by atoms with Gasteiger partial charge in [0, 0.05) is 17.6 Å². The third kappa shape index (κ3) is 5.09. The molecule has 0 saturated heterocycles. The molecule has 1 aliphatic heterocycles. The summed E-state index contributed by atoms with van der Waals surface area (Å²) in [6.45, 7) is 0. The van der Waals surface area contributed by atoms with E-state index in [0.717, 1.165) is 0 Å². The molecule has 170 valence electrons. The van der Waals surface area contributed by atoms with Crippen LogP contribution in [0.4, 0.5) is 20.2 Å². The number of hydrogen-bond donors (Lipinski definition) is 1. The smallest absolute Gasteiger partial charge is 0.355 e. The molecule has 1 aliphatic rings. The van der Waals surface area contributed by atoms with E-state index in [1.54, 1.807) is 24.3 Å². The predicted molar refractivity (Wildman–Crippen MR) is 118 cm³/mol. The fourth-order valence-electron chi connectivity index (χ4n) is 2.99. The number of carbonyl (C=O) groups is 3. The van der Waals surface area contributed by atoms with Crippen LogP contribution in [0.1, 0.15) is 10.4 Å². The van der Waals surface area contributed by atoms with E-state index >= 15 is 0 Å². The van der Waals surface area contributed by atoms with Crippen molar-refractivity contribution in [3.05, 3.63) is 94.3 Å². The zero-order valence-electron chi connectivity index (χ0n) is 17.4. The Hall–Kier alpha value is -3.98. The Morgan fingerprint density at radius 2 is 1.67 bits per heavy atom. The second-order valence-electron chi connectivity index (χ2n) is 6.57. The molecule has 0 aliphatic carbocycles. The van der Waals surface area contributed by atoms with Crippen molar-refractivity contribution in [2.24, 2.45) is 0 Å². The predicted octanol–water partition coefficient (Wildman–Crippen LogP) is 4.36. The zero-order valence-corrected chi connectivity index (χ0v) is 18.2. The Labute approximate surface area is 192 Å². The van der Waals surface area contributed by atoms with Crippen molar-refractivity contribution in [2.75, 3.05) is 24.4 Å². The zero-order chi connectivity index (χ0) is 24.1. The van der Waals surface area contributed by atoms with Gasteiger partial charge in [-0.1, -0.05) is 23.7 Å². The van der Waals surface area contributed by atoms with Gasteiger partial charge in [-0.05, 0) is 42.5 Å². The van der Waals surface area contributed by atoms with Gasteiger partial charge in [0.25, 0.3) is 5.91 Å². The van der Waals surface area contributed by atoms with E-state index in [1.807, 2.05) is 0 Å². The molecule has 0 saturated carbocycles. The SMILES string of the molecule is COC(=O)C1=C(C(=O)OC)N(c2cccc(NC(=O)c3cc(F)c(F)cc3Cl)c2)C=CC=C1. The molecule has 0 fully saturated rings. The number of nitrogens with zero attached hydrogens (tertiary/aromatic N) is 1. The molecule has 1 amide bonds. The summed E-state index contributed by atoms with van der Waals surface area (Å²) in [4.78, 5) is 38.8. The molecule has 7 nitrogen and oxygen atoms in total. The van der Waals surface area contributed by atoms with Gasteiger partial charge < -0.3 is 19.7 Å². The van der Waals surface area contributed by atoms with Gasteiger partial charge in [0.15, 0.2) is 11.6 Å². The van der Waals surface area contributed by atoms with Crippen LogP contribution in [0.3, 0.4) is 0 Å². The lowest BCUT2D eigenvalue weighted by Crippen LogP contribution is -2.27. The number of amides is 1. The van der Waals surface area contributed by atoms with Gasteiger partial charge in [0.2, 0.25) is 0 Å². The number of methoxy groups -OCH3 is 2. The third-order valence-corrected chi connectivity index (χ3v) is 4.84. The van der Waals surface area contributed by atoms with Crippen LogP contribution in [0, 0.1) is 11.6 Å². The monoisotopic (exact) mass is 474 g/mol. The van der Waals surface area contributed by atoms with Crippen LogP contribution < -0.4 is 10.2 Å². The first-order chi connectivity index (χ1) is 15.8. The van der Waals surface area contributed by atoms with Crippen molar-refractivity contribution in [3.63, 3.8) is 0 Å². The second-order valence-corrected chi connectivity index (χ2v) is 6.97. The van der Waals surface area contributed by atoms with E-state index in [1.165, 1.54) is 43.5 Å². The average Bonchev–Trinajstić information content (AvgIpc) is 3.03. The Morgan fingerprint density at radius 1 is 0.970 bits per heavy atom. The molecule has 3 rings (SSSR count). The summed E-state index contributed by atoms with van der Waals surface area (Å²) in [5.74, 6) is -4.72. The largest absolute Gasteiger partial charge is 0.465 e. The highest BCUT2D eigenvalue weighted by Gasteiger charge is 2.27. The fraction of sp³-hybridized carbons (Fsp3) is 0.0870. The van der Waals surface area contributed by atoms with Crippen LogP contribution >= 0.6 is 11.6 Å². The van der Waals surface area contributed by atoms with Crippen molar-refractivity contribution < 1.29 is 32.6 Å². The standard InChI is InChI=1S/C23H17ClF2N2O5/c1-32-22(30)15-8-3-4-9-28(20(15)23(31)33-2)14-7-5-6-13(10-14)27-21(29)16-11-18(25)19(26)12-17(16)24/h3-12H,1-2H3,(H,27,29). The number of allylic oxidation sites excluding steroid dienone is 2. The maximum absolute atomic E-state index is 13.6. The quantitative estimate of drug-likeness (QED) is 0.512. The summed E-state index contributed by atoms with van der Waals surface area (Å²) >= 11 is 5.87. The lowest BCUT2D eigenvalue weighted by atomic mass is 10.1. The minimum atomic E-state index is -1.22. The van der Waals surface area contributed by atoms with E-state index in [-0.39, 0.29) is 27.5 Å². The first-order valence-electron chi connectivity index (χ1n) is 9.37. The van der Waals surface area contributed by atoms with Crippen molar-refractivity contribution in [2.45, 2.75) is 0 Å². The molecular formula is C23H17ClF2N2O5. The highest BCUT2D eigenvalue weighted by molar-refractivity contribution is 6.34. The summed E-state index contributed by atoms with van der Waals surface area (Å²) in [6, 6.07) is 7.64. The number of halogens is 3. The molecule has 0 bridgehead atoms. The van der Waals surface area contributed by atoms with Crippen LogP contribution in [0.2, 0.25) is 5.02 Å². The number of nitrogens with one attached hydrogen (secondary N) is 1. The summed E-state index contributed by atoms with van der Waals surface area (Å²) in [5.41, 5.74) is 0.223. The topological polar surface area (TPSA) is 84.9 Å². The van der Waals surface area contributed by atoms with Gasteiger partial charge in [-0.2, -0.15) is 0 Å². The molecule has 0 spiro atoms. The normalized spacial score (nSPS) is 12.9. The molecule has 0 atom stereocenters. The molecule has 2 aromatic rings. The lowest BCUT2D eigenvalue weighted by Gasteiger charge is -2.23. The minimum absolute atomic E-state index is 0.0441. The molecule has 0 radical (unpaired) electrons. The summed E-state index contributed by atoms with van der Waals surface area (Å²) < 4.78 is 36.5. The molecule has 1 N–H and O–H groups in total. The highest BCUT2D eigenvalue weighted by Crippen LogP contribution is 2.29. The minimum Gasteiger partial charge on any atom is -0.465 e. The summed E-state index contributed by atoms with van der Waals surface area (Å²) in [5, 5.41) is 2.28. The number of esters is 2. The average molecular weight is 475 g/mol. The number of carbonyl (C=O) groups excluding carboxylic acids is 3. The van der Waals surface area contributed by atoms with Crippen molar-refractivity contribution in [1.29, 1.82) is 0 Å². The van der Waals surface area contributed by atoms with Gasteiger partial charge in [0.1, 0.15) is 5.70 Å². The van der Waals surface area contributed by atoms with Crippen LogP contribution in [0.25, 0.3) is 0 Å². The van der Waals surface area contributed by atoms with E-state index in [2.05, 4.69) is 5.32 Å². The lowest BCUT2D eigenvalue weighted by molar-refractivity contribution is -0.139. The van der Waals surface area contributed by atoms with Crippen molar-refractivity contribution in [1.82, 2.24) is 0 Å². The Morgan fingerprint density at radius 3 is 2.36 bits per heavy atom. The van der Waals surface area contributed by atoms with Crippen LogP contribution in [0.5, 0.6) is 0 Å². The van der Waals surface area contributed by atoms with Crippen LogP contribution in [-0.4, -0.2) is 32.1 Å². The third-order valence-electron chi connectivity index (χ3n) is 4.53. The first-order valence-corrected chi connectivity index (χ1v) is 9.75. The molecule has 0 aromatic heterocycles. The first kappa shape index (κ1) is 23.7. The van der Waals surface area contributed by atoms with Crippen molar-refractivity contribution in [3.8, 4) is 0 Å². The summed E-state index contributed by atoms with van der Waals surface area (Å²) in [6.07, 6.45) is 6.06. The van der Waals surface area contributed by atoms with E-state index in [4.69, 9.17) is 21.1 Å². The number of hydrogen-bond acceptors (Lipinski definition) is 6. The van der Waals surface area contributed by atoms with Crippen molar-refractivity contribution >= 4 is 40.8 Å². The Balaban J connectivity index is 1.99. The molecule has 2 aromatic carbocycles. The van der Waals surface area contributed by atoms with Gasteiger partial charge in [0.05, 0.1) is 30.4 Å². The Bertz CT molecular complexity index is 1220. The maximum Gasteiger partial charge on any atom is 0.355 e. The molecule has 0 unspecified atom stereocenters. The van der Waals surface area contributed by atoms with Crippen LogP contribution in [0.15, 0.2) is 72.1 Å². The van der Waals surface area contributed by atoms with Gasteiger partial charge >= 0.3 is 11.9 Å². The van der Waals surface area contributed by atoms with Gasteiger partial charge in [-0.15, -0.1) is 0 Å². The fourth-order valence-corrected chi connectivity index (χ4v) is 3.23. The van der Waals surface area contributed by atoms with Gasteiger partial charge in [-0.25, -0.2) is 18.4 Å². The van der Waals surface area contributed by atoms with Gasteiger partial charge in [-0.3, -0.25) is 4.79 Å². The number of benzene rings is 2. The van der Waals surface area contributed by atoms with Crippen LogP contribution in [-0.2, 0) is 19.1 Å². The number of ether oxygens (including phenoxy) is 2. The van der Waals surface area contributed by atoms with E-state index < -0.39 is 29.5 Å². The maximum atomic E-state index is 13.6. The Kier molecular flexibility index (Phi) is 7.24. The molecule has 10 heteroatoms. The van der Waals surface area contributed by atoms with E-state index in [0.29, 0.717) is 17.8 Å².